The Labute approximate surface area is 214 Å². The molecule has 2 aliphatic heterocycles. The maximum Gasteiger partial charge on any atom is 0.220 e. The van der Waals surface area contributed by atoms with Crippen molar-refractivity contribution in [3.05, 3.63) is 35.6 Å². The Hall–Kier alpha value is -1.46. The molecule has 9 heteroatoms. The molecule has 0 spiro atoms. The number of morpholine rings is 1. The first-order valence-electron chi connectivity index (χ1n) is 11.9. The Bertz CT molecular complexity index is 756. The summed E-state index contributed by atoms with van der Waals surface area (Å²) in [6.45, 7) is 10.1. The second kappa shape index (κ2) is 14.1. The molecule has 2 heterocycles. The van der Waals surface area contributed by atoms with Crippen LogP contribution in [0.15, 0.2) is 29.3 Å². The van der Waals surface area contributed by atoms with Crippen molar-refractivity contribution in [1.29, 1.82) is 0 Å². The molecule has 0 saturated carbocycles. The fraction of sp³-hybridized carbons (Fsp3) is 0.667. The van der Waals surface area contributed by atoms with Gasteiger partial charge in [0.2, 0.25) is 5.91 Å². The van der Waals surface area contributed by atoms with Crippen molar-refractivity contribution in [2.24, 2.45) is 16.6 Å². The minimum Gasteiger partial charge on any atom is -0.369 e. The smallest absolute Gasteiger partial charge is 0.220 e. The average molecular weight is 576 g/mol. The molecule has 0 bridgehead atoms. The third kappa shape index (κ3) is 8.68. The number of nitrogens with two attached hydrogens (primary N) is 1. The number of ether oxygens (including phenoxy) is 1. The summed E-state index contributed by atoms with van der Waals surface area (Å²) in [6.07, 6.45) is 3.82. The molecule has 1 amide bonds. The summed E-state index contributed by atoms with van der Waals surface area (Å²) in [5.41, 5.74) is 6.40. The quantitative estimate of drug-likeness (QED) is 0.216. The molecule has 2 aliphatic rings. The monoisotopic (exact) mass is 575 g/mol. The molecule has 186 valence electrons. The maximum atomic E-state index is 13.3. The topological polar surface area (TPSA) is 83.2 Å². The molecule has 3 rings (SSSR count). The molecule has 2 saturated heterocycles. The molecule has 0 aliphatic carbocycles. The number of halogens is 2. The molecular formula is C24H39FIN5O2. The van der Waals surface area contributed by atoms with Gasteiger partial charge < -0.3 is 25.6 Å². The van der Waals surface area contributed by atoms with Gasteiger partial charge in [-0.05, 0) is 76.9 Å². The lowest BCUT2D eigenvalue weighted by Gasteiger charge is -2.38. The van der Waals surface area contributed by atoms with E-state index in [4.69, 9.17) is 15.5 Å². The van der Waals surface area contributed by atoms with Crippen molar-refractivity contribution < 1.29 is 13.9 Å². The lowest BCUT2D eigenvalue weighted by molar-refractivity contribution is -0.123. The lowest BCUT2D eigenvalue weighted by atomic mass is 9.96. The average Bonchev–Trinajstić information content (AvgIpc) is 2.78. The number of piperidine rings is 1. The number of guanidine groups is 1. The molecule has 1 aromatic carbocycles. The number of benzene rings is 1. The van der Waals surface area contributed by atoms with Crippen LogP contribution in [0.1, 0.15) is 51.2 Å². The number of aliphatic imine (C=N–C) groups is 1. The number of amides is 1. The van der Waals surface area contributed by atoms with Crippen molar-refractivity contribution in [1.82, 2.24) is 15.1 Å². The third-order valence-electron chi connectivity index (χ3n) is 6.27. The van der Waals surface area contributed by atoms with Crippen LogP contribution in [0.3, 0.4) is 0 Å². The van der Waals surface area contributed by atoms with E-state index < -0.39 is 0 Å². The second-order valence-electron chi connectivity index (χ2n) is 8.85. The lowest BCUT2D eigenvalue weighted by Crippen LogP contribution is -2.50. The number of hydrogen-bond acceptors (Lipinski definition) is 4. The van der Waals surface area contributed by atoms with Gasteiger partial charge in [-0.15, -0.1) is 24.0 Å². The first-order valence-corrected chi connectivity index (χ1v) is 11.9. The summed E-state index contributed by atoms with van der Waals surface area (Å²) in [5.74, 6) is 0.570. The van der Waals surface area contributed by atoms with E-state index in [1.165, 1.54) is 12.1 Å². The molecule has 0 radical (unpaired) electrons. The van der Waals surface area contributed by atoms with Crippen LogP contribution in [0.4, 0.5) is 4.39 Å². The predicted octanol–water partition coefficient (Wildman–Crippen LogP) is 3.15. The zero-order valence-electron chi connectivity index (χ0n) is 19.8. The largest absolute Gasteiger partial charge is 0.369 e. The highest BCUT2D eigenvalue weighted by atomic mass is 127. The highest BCUT2D eigenvalue weighted by Gasteiger charge is 2.28. The SMILES string of the molecule is CCNC(=NCCCCN1CCC(C(N)=O)CC1)N1CC(C)OC(c2ccc(F)cc2)C1.I. The predicted molar refractivity (Wildman–Crippen MR) is 140 cm³/mol. The van der Waals surface area contributed by atoms with Crippen LogP contribution in [-0.4, -0.2) is 73.6 Å². The fourth-order valence-corrected chi connectivity index (χ4v) is 4.48. The van der Waals surface area contributed by atoms with E-state index in [-0.39, 0.29) is 53.8 Å². The van der Waals surface area contributed by atoms with E-state index in [2.05, 4.69) is 29.0 Å². The minimum absolute atomic E-state index is 0. The number of carbonyl (C=O) groups is 1. The standard InChI is InChI=1S/C24H38FN5O2.HI/c1-3-27-24(28-12-4-5-13-29-14-10-20(11-15-29)23(26)31)30-16-18(2)32-22(17-30)19-6-8-21(25)9-7-19;/h6-9,18,20,22H,3-5,10-17H2,1-2H3,(H2,26,31)(H,27,28);1H. The first-order chi connectivity index (χ1) is 15.5. The number of carbonyl (C=O) groups excluding carboxylic acids is 1. The van der Waals surface area contributed by atoms with E-state index in [9.17, 15) is 9.18 Å². The van der Waals surface area contributed by atoms with Crippen LogP contribution in [-0.2, 0) is 9.53 Å². The van der Waals surface area contributed by atoms with Crippen LogP contribution in [0, 0.1) is 11.7 Å². The Morgan fingerprint density at radius 1 is 1.21 bits per heavy atom. The summed E-state index contributed by atoms with van der Waals surface area (Å²) < 4.78 is 19.4. The van der Waals surface area contributed by atoms with Gasteiger partial charge in [-0.25, -0.2) is 4.39 Å². The zero-order chi connectivity index (χ0) is 22.9. The molecule has 7 nitrogen and oxygen atoms in total. The summed E-state index contributed by atoms with van der Waals surface area (Å²) in [6, 6.07) is 6.56. The van der Waals surface area contributed by atoms with Crippen molar-refractivity contribution in [3.8, 4) is 0 Å². The van der Waals surface area contributed by atoms with Gasteiger partial charge in [0.15, 0.2) is 5.96 Å². The van der Waals surface area contributed by atoms with Crippen LogP contribution < -0.4 is 11.1 Å². The van der Waals surface area contributed by atoms with E-state index in [0.717, 1.165) is 76.5 Å². The first kappa shape index (κ1) is 27.8. The zero-order valence-corrected chi connectivity index (χ0v) is 22.2. The van der Waals surface area contributed by atoms with Crippen molar-refractivity contribution in [2.75, 3.05) is 45.8 Å². The summed E-state index contributed by atoms with van der Waals surface area (Å²) in [5, 5.41) is 3.42. The van der Waals surface area contributed by atoms with Crippen LogP contribution in [0.2, 0.25) is 0 Å². The van der Waals surface area contributed by atoms with Crippen LogP contribution in [0.25, 0.3) is 0 Å². The Morgan fingerprint density at radius 2 is 1.91 bits per heavy atom. The number of primary amides is 1. The summed E-state index contributed by atoms with van der Waals surface area (Å²) >= 11 is 0. The van der Waals surface area contributed by atoms with Crippen molar-refractivity contribution in [3.63, 3.8) is 0 Å². The van der Waals surface area contributed by atoms with Gasteiger partial charge in [-0.1, -0.05) is 12.1 Å². The highest BCUT2D eigenvalue weighted by Crippen LogP contribution is 2.25. The van der Waals surface area contributed by atoms with Gasteiger partial charge in [0.25, 0.3) is 0 Å². The molecule has 33 heavy (non-hydrogen) atoms. The van der Waals surface area contributed by atoms with Crippen molar-refractivity contribution in [2.45, 2.75) is 51.7 Å². The Morgan fingerprint density at radius 3 is 2.55 bits per heavy atom. The van der Waals surface area contributed by atoms with E-state index in [1.807, 2.05) is 0 Å². The molecule has 3 N–H and O–H groups in total. The highest BCUT2D eigenvalue weighted by molar-refractivity contribution is 14.0. The summed E-state index contributed by atoms with van der Waals surface area (Å²) in [7, 11) is 0. The maximum absolute atomic E-state index is 13.3. The summed E-state index contributed by atoms with van der Waals surface area (Å²) in [4.78, 5) is 20.8. The van der Waals surface area contributed by atoms with Gasteiger partial charge in [-0.2, -0.15) is 0 Å². The van der Waals surface area contributed by atoms with E-state index in [1.54, 1.807) is 12.1 Å². The molecule has 2 unspecified atom stereocenters. The third-order valence-corrected chi connectivity index (χ3v) is 6.27. The van der Waals surface area contributed by atoms with E-state index >= 15 is 0 Å². The minimum atomic E-state index is -0.235. The Kier molecular flexibility index (Phi) is 11.8. The number of hydrogen-bond donors (Lipinski definition) is 2. The van der Waals surface area contributed by atoms with Gasteiger partial charge in [0.1, 0.15) is 11.9 Å². The number of nitrogens with one attached hydrogen (secondary N) is 1. The molecule has 0 aromatic heterocycles. The van der Waals surface area contributed by atoms with Gasteiger partial charge in [0.05, 0.1) is 12.6 Å². The number of unbranched alkanes of at least 4 members (excludes halogenated alkanes) is 1. The number of nitrogens with zero attached hydrogens (tertiary/aromatic N) is 3. The fourth-order valence-electron chi connectivity index (χ4n) is 4.48. The number of rotatable bonds is 8. The Balaban J connectivity index is 0.00000385. The van der Waals surface area contributed by atoms with Gasteiger partial charge >= 0.3 is 0 Å². The normalized spacial score (nSPS) is 22.6. The molecule has 1 aromatic rings. The number of likely N-dealkylation sites (tertiary alicyclic amines) is 1. The molecule has 2 fully saturated rings. The van der Waals surface area contributed by atoms with Crippen LogP contribution >= 0.6 is 24.0 Å². The van der Waals surface area contributed by atoms with Crippen LogP contribution in [0.5, 0.6) is 0 Å². The molecule has 2 atom stereocenters. The molecular weight excluding hydrogens is 536 g/mol. The van der Waals surface area contributed by atoms with Gasteiger partial charge in [0, 0.05) is 25.6 Å². The van der Waals surface area contributed by atoms with Gasteiger partial charge in [-0.3, -0.25) is 9.79 Å². The second-order valence-corrected chi connectivity index (χ2v) is 8.85. The van der Waals surface area contributed by atoms with Crippen molar-refractivity contribution >= 4 is 35.8 Å². The van der Waals surface area contributed by atoms with E-state index in [0.29, 0.717) is 6.54 Å².